The van der Waals surface area contributed by atoms with Crippen LogP contribution in [0.25, 0.3) is 0 Å². The van der Waals surface area contributed by atoms with Crippen molar-refractivity contribution in [1.82, 2.24) is 16.0 Å². The highest BCUT2D eigenvalue weighted by molar-refractivity contribution is 7.80. The number of unbranched alkanes of at least 4 members (excludes halogenated alkanes) is 1. The third kappa shape index (κ3) is 13.0. The molecule has 15 heteroatoms. The van der Waals surface area contributed by atoms with Gasteiger partial charge in [0.1, 0.15) is 18.1 Å². The first-order chi connectivity index (χ1) is 15.9. The molecule has 0 fully saturated rings. The average molecular weight is 506 g/mol. The third-order valence-electron chi connectivity index (χ3n) is 4.73. The van der Waals surface area contributed by atoms with Crippen LogP contribution in [0.2, 0.25) is 0 Å². The molecule has 0 bridgehead atoms. The number of primary amides is 2. The number of rotatable bonds is 18. The maximum Gasteiger partial charge on any atom is 0.327 e. The minimum absolute atomic E-state index is 0.180. The van der Waals surface area contributed by atoms with Gasteiger partial charge in [-0.15, -0.1) is 0 Å². The minimum Gasteiger partial charge on any atom is -0.480 e. The Morgan fingerprint density at radius 3 is 1.56 bits per heavy atom. The van der Waals surface area contributed by atoms with Crippen LogP contribution in [0, 0.1) is 0 Å². The summed E-state index contributed by atoms with van der Waals surface area (Å²) in [5, 5.41) is 16.1. The van der Waals surface area contributed by atoms with Crippen molar-refractivity contribution in [2.24, 2.45) is 22.9 Å². The van der Waals surface area contributed by atoms with Gasteiger partial charge in [-0.3, -0.25) is 24.0 Å². The van der Waals surface area contributed by atoms with Gasteiger partial charge < -0.3 is 44.0 Å². The molecule has 0 aromatic rings. The lowest BCUT2D eigenvalue weighted by Gasteiger charge is -2.24. The molecule has 0 aliphatic rings. The first kappa shape index (κ1) is 31.1. The Hall–Kier alpha value is -2.91. The van der Waals surface area contributed by atoms with E-state index in [0.717, 1.165) is 0 Å². The fourth-order valence-electron chi connectivity index (χ4n) is 2.76. The van der Waals surface area contributed by atoms with Gasteiger partial charge in [0.15, 0.2) is 0 Å². The zero-order valence-electron chi connectivity index (χ0n) is 18.8. The lowest BCUT2D eigenvalue weighted by molar-refractivity contribution is -0.141. The van der Waals surface area contributed by atoms with Gasteiger partial charge in [0.2, 0.25) is 29.5 Å². The molecule has 0 spiro atoms. The van der Waals surface area contributed by atoms with E-state index in [-0.39, 0.29) is 31.4 Å². The number of amides is 5. The van der Waals surface area contributed by atoms with Gasteiger partial charge in [-0.1, -0.05) is 6.42 Å². The first-order valence-corrected chi connectivity index (χ1v) is 11.3. The summed E-state index contributed by atoms with van der Waals surface area (Å²) in [6, 6.07) is -4.91. The third-order valence-corrected chi connectivity index (χ3v) is 5.09. The lowest BCUT2D eigenvalue weighted by Crippen LogP contribution is -2.57. The monoisotopic (exact) mass is 505 g/mol. The van der Waals surface area contributed by atoms with Crippen molar-refractivity contribution >= 4 is 48.1 Å². The molecule has 0 saturated carbocycles. The van der Waals surface area contributed by atoms with Crippen molar-refractivity contribution in [1.29, 1.82) is 0 Å². The molecule has 0 heterocycles. The summed E-state index contributed by atoms with van der Waals surface area (Å²) in [6.45, 7) is 0.433. The number of hydrogen-bond donors (Lipinski definition) is 9. The molecule has 0 radical (unpaired) electrons. The second kappa shape index (κ2) is 16.7. The summed E-state index contributed by atoms with van der Waals surface area (Å²) < 4.78 is 0. The number of carboxylic acids is 1. The smallest absolute Gasteiger partial charge is 0.327 e. The van der Waals surface area contributed by atoms with Gasteiger partial charge in [0.05, 0.1) is 6.04 Å². The number of hydrogen-bond acceptors (Lipinski definition) is 9. The number of carbonyl (C=O) groups excluding carboxylic acids is 5. The quantitative estimate of drug-likeness (QED) is 0.0658. The van der Waals surface area contributed by atoms with Gasteiger partial charge in [0.25, 0.3) is 0 Å². The Morgan fingerprint density at radius 1 is 0.735 bits per heavy atom. The van der Waals surface area contributed by atoms with Gasteiger partial charge in [-0.2, -0.15) is 12.6 Å². The van der Waals surface area contributed by atoms with E-state index in [1.165, 1.54) is 0 Å². The highest BCUT2D eigenvalue weighted by Crippen LogP contribution is 2.05. The van der Waals surface area contributed by atoms with E-state index in [1.54, 1.807) is 0 Å². The Bertz CT molecular complexity index is 738. The van der Waals surface area contributed by atoms with Crippen LogP contribution in [0.1, 0.15) is 44.9 Å². The van der Waals surface area contributed by atoms with Gasteiger partial charge in [-0.25, -0.2) is 4.79 Å². The normalized spacial score (nSPS) is 14.2. The van der Waals surface area contributed by atoms with Crippen LogP contribution in [0.15, 0.2) is 0 Å². The molecule has 0 aromatic carbocycles. The zero-order valence-corrected chi connectivity index (χ0v) is 19.7. The number of nitrogens with two attached hydrogens (primary N) is 4. The lowest BCUT2D eigenvalue weighted by atomic mass is 10.1. The van der Waals surface area contributed by atoms with Gasteiger partial charge in [0, 0.05) is 18.6 Å². The van der Waals surface area contributed by atoms with E-state index in [2.05, 4.69) is 28.6 Å². The Morgan fingerprint density at radius 2 is 1.18 bits per heavy atom. The summed E-state index contributed by atoms with van der Waals surface area (Å²) in [6.07, 6.45) is 0.612. The van der Waals surface area contributed by atoms with E-state index >= 15 is 0 Å². The van der Waals surface area contributed by atoms with Crippen LogP contribution in [0.5, 0.6) is 0 Å². The molecule has 0 aliphatic heterocycles. The second-order valence-electron chi connectivity index (χ2n) is 7.61. The van der Waals surface area contributed by atoms with Crippen LogP contribution in [-0.2, 0) is 28.8 Å². The molecule has 34 heavy (non-hydrogen) atoms. The van der Waals surface area contributed by atoms with Gasteiger partial charge in [-0.05, 0) is 32.2 Å². The molecule has 0 aliphatic carbocycles. The molecular weight excluding hydrogens is 470 g/mol. The summed E-state index contributed by atoms with van der Waals surface area (Å²) in [7, 11) is 0. The van der Waals surface area contributed by atoms with Crippen molar-refractivity contribution in [3.8, 4) is 0 Å². The van der Waals surface area contributed by atoms with Crippen LogP contribution in [-0.4, -0.2) is 77.1 Å². The van der Waals surface area contributed by atoms with E-state index in [4.69, 9.17) is 28.0 Å². The minimum atomic E-state index is -1.35. The summed E-state index contributed by atoms with van der Waals surface area (Å²) in [4.78, 5) is 71.4. The predicted octanol–water partition coefficient (Wildman–Crippen LogP) is -3.56. The van der Waals surface area contributed by atoms with E-state index in [0.29, 0.717) is 25.8 Å². The number of nitrogens with one attached hydrogen (secondary N) is 3. The Balaban J connectivity index is 5.47. The second-order valence-corrected chi connectivity index (χ2v) is 7.97. The van der Waals surface area contributed by atoms with E-state index < -0.39 is 59.7 Å². The molecular formula is C19H35N7O7S. The largest absolute Gasteiger partial charge is 0.480 e. The van der Waals surface area contributed by atoms with Crippen molar-refractivity contribution in [3.05, 3.63) is 0 Å². The maximum atomic E-state index is 12.9. The van der Waals surface area contributed by atoms with Crippen LogP contribution in [0.3, 0.4) is 0 Å². The number of thiol groups is 1. The Kier molecular flexibility index (Phi) is 15.2. The molecule has 0 rings (SSSR count). The zero-order chi connectivity index (χ0) is 26.3. The van der Waals surface area contributed by atoms with Crippen LogP contribution < -0.4 is 38.9 Å². The van der Waals surface area contributed by atoms with E-state index in [1.807, 2.05) is 0 Å². The predicted molar refractivity (Wildman–Crippen MR) is 125 cm³/mol. The van der Waals surface area contributed by atoms with E-state index in [9.17, 15) is 28.8 Å². The summed E-state index contributed by atoms with van der Waals surface area (Å²) in [5.41, 5.74) is 21.5. The molecule has 14 nitrogen and oxygen atoms in total. The molecule has 5 amide bonds. The highest BCUT2D eigenvalue weighted by Gasteiger charge is 2.30. The SMILES string of the molecule is NCCCCC(N)C(=O)NC(CCC(N)=O)C(=O)NC(CCC(N)=O)C(=O)NC(CS)C(=O)O. The molecule has 0 saturated heterocycles. The molecule has 0 aromatic heterocycles. The number of carbonyl (C=O) groups is 6. The van der Waals surface area contributed by atoms with Crippen molar-refractivity contribution in [2.75, 3.05) is 12.3 Å². The molecule has 12 N–H and O–H groups in total. The van der Waals surface area contributed by atoms with Gasteiger partial charge >= 0.3 is 5.97 Å². The van der Waals surface area contributed by atoms with Crippen molar-refractivity contribution in [3.63, 3.8) is 0 Å². The fourth-order valence-corrected chi connectivity index (χ4v) is 3.01. The topological polar surface area (TPSA) is 263 Å². The first-order valence-electron chi connectivity index (χ1n) is 10.7. The highest BCUT2D eigenvalue weighted by atomic mass is 32.1. The van der Waals surface area contributed by atoms with Crippen molar-refractivity contribution in [2.45, 2.75) is 69.1 Å². The van der Waals surface area contributed by atoms with Crippen molar-refractivity contribution < 1.29 is 33.9 Å². The number of aliphatic carboxylic acids is 1. The summed E-state index contributed by atoms with van der Waals surface area (Å²) >= 11 is 3.85. The maximum absolute atomic E-state index is 12.9. The molecule has 194 valence electrons. The summed E-state index contributed by atoms with van der Waals surface area (Å²) in [5.74, 6) is -5.45. The number of carboxylic acid groups (broad SMARTS) is 1. The fraction of sp³-hybridized carbons (Fsp3) is 0.684. The average Bonchev–Trinajstić information content (AvgIpc) is 2.76. The standard InChI is InChI=1S/C19H35N7O7S/c20-8-2-1-3-10(21)16(29)24-11(4-6-14(22)27)17(30)25-12(5-7-15(23)28)18(31)26-13(9-34)19(32)33/h10-13,34H,1-9,20-21H2,(H2,22,27)(H2,23,28)(H,24,29)(H,25,30)(H,26,31)(H,32,33). The molecule has 4 unspecified atom stereocenters. The van der Waals surface area contributed by atoms with Crippen LogP contribution >= 0.6 is 12.6 Å². The van der Waals surface area contributed by atoms with Crippen LogP contribution in [0.4, 0.5) is 0 Å². The Labute approximate surface area is 202 Å². The molecule has 4 atom stereocenters.